The molecule has 6 heteroatoms. The van der Waals surface area contributed by atoms with Crippen LogP contribution in [0.1, 0.15) is 40.0 Å². The van der Waals surface area contributed by atoms with Crippen LogP contribution in [0, 0.1) is 5.92 Å². The summed E-state index contributed by atoms with van der Waals surface area (Å²) in [6.45, 7) is 6.55. The third-order valence-corrected chi connectivity index (χ3v) is 2.89. The Hall–Kier alpha value is -1.59. The fourth-order valence-electron chi connectivity index (χ4n) is 1.83. The van der Waals surface area contributed by atoms with Crippen molar-refractivity contribution < 1.29 is 19.1 Å². The second kappa shape index (κ2) is 10.2. The van der Waals surface area contributed by atoms with Crippen molar-refractivity contribution in [2.45, 2.75) is 40.0 Å². The minimum absolute atomic E-state index is 0.0334. The summed E-state index contributed by atoms with van der Waals surface area (Å²) in [6.07, 6.45) is 1.91. The molecule has 0 saturated heterocycles. The third kappa shape index (κ3) is 7.76. The van der Waals surface area contributed by atoms with Crippen LogP contribution in [-0.4, -0.2) is 49.4 Å². The fraction of sp³-hybridized carbons (Fsp3) is 0.786. The molecular formula is C14H26N2O4. The first kappa shape index (κ1) is 18.4. The van der Waals surface area contributed by atoms with Crippen molar-refractivity contribution in [3.63, 3.8) is 0 Å². The van der Waals surface area contributed by atoms with Gasteiger partial charge in [-0.1, -0.05) is 13.8 Å². The zero-order valence-corrected chi connectivity index (χ0v) is 12.9. The molecular weight excluding hydrogens is 260 g/mol. The summed E-state index contributed by atoms with van der Waals surface area (Å²) in [5.74, 6) is -0.715. The number of amides is 2. The monoisotopic (exact) mass is 286 g/mol. The van der Waals surface area contributed by atoms with Gasteiger partial charge in [-0.05, 0) is 12.8 Å². The predicted octanol–water partition coefficient (Wildman–Crippen LogP) is 0.950. The molecule has 0 saturated carbocycles. The first-order chi connectivity index (χ1) is 9.42. The van der Waals surface area contributed by atoms with E-state index in [-0.39, 0.29) is 23.7 Å². The molecule has 1 atom stereocenters. The van der Waals surface area contributed by atoms with Crippen LogP contribution in [0.4, 0.5) is 0 Å². The number of carbonyl (C=O) groups excluding carboxylic acids is 3. The molecule has 116 valence electrons. The van der Waals surface area contributed by atoms with E-state index >= 15 is 0 Å². The second-order valence-corrected chi connectivity index (χ2v) is 4.85. The molecule has 0 spiro atoms. The molecule has 6 nitrogen and oxygen atoms in total. The van der Waals surface area contributed by atoms with Gasteiger partial charge in [-0.2, -0.15) is 0 Å². The van der Waals surface area contributed by atoms with Crippen molar-refractivity contribution in [3.8, 4) is 0 Å². The highest BCUT2D eigenvalue weighted by Crippen LogP contribution is 2.06. The van der Waals surface area contributed by atoms with Gasteiger partial charge in [-0.3, -0.25) is 14.4 Å². The predicted molar refractivity (Wildman–Crippen MR) is 76.0 cm³/mol. The minimum Gasteiger partial charge on any atom is -0.469 e. The maximum atomic E-state index is 12.0. The molecule has 0 aliphatic carbocycles. The number of nitrogens with one attached hydrogen (secondary N) is 1. The number of rotatable bonds is 9. The number of methoxy groups -OCH3 is 1. The van der Waals surface area contributed by atoms with Crippen LogP contribution in [0.3, 0.4) is 0 Å². The van der Waals surface area contributed by atoms with E-state index in [2.05, 4.69) is 10.1 Å². The summed E-state index contributed by atoms with van der Waals surface area (Å²) < 4.78 is 4.68. The molecule has 2 amide bonds. The second-order valence-electron chi connectivity index (χ2n) is 4.85. The Balaban J connectivity index is 4.37. The lowest BCUT2D eigenvalue weighted by Gasteiger charge is -2.25. The third-order valence-electron chi connectivity index (χ3n) is 2.89. The molecule has 1 unspecified atom stereocenters. The molecule has 0 fully saturated rings. The topological polar surface area (TPSA) is 75.7 Å². The highest BCUT2D eigenvalue weighted by molar-refractivity contribution is 5.78. The van der Waals surface area contributed by atoms with Gasteiger partial charge in [-0.25, -0.2) is 0 Å². The zero-order valence-electron chi connectivity index (χ0n) is 12.9. The van der Waals surface area contributed by atoms with Crippen molar-refractivity contribution in [3.05, 3.63) is 0 Å². The highest BCUT2D eigenvalue weighted by atomic mass is 16.5. The molecule has 0 aromatic rings. The van der Waals surface area contributed by atoms with Crippen molar-refractivity contribution in [1.29, 1.82) is 0 Å². The number of hydrogen-bond donors (Lipinski definition) is 1. The van der Waals surface area contributed by atoms with Gasteiger partial charge in [0, 0.05) is 33.0 Å². The fourth-order valence-corrected chi connectivity index (χ4v) is 1.83. The molecule has 0 aromatic heterocycles. The van der Waals surface area contributed by atoms with Crippen LogP contribution >= 0.6 is 0 Å². The summed E-state index contributed by atoms with van der Waals surface area (Å²) in [4.78, 5) is 35.9. The van der Waals surface area contributed by atoms with Crippen molar-refractivity contribution in [2.24, 2.45) is 5.92 Å². The first-order valence-electron chi connectivity index (χ1n) is 7.02. The average Bonchev–Trinajstić information content (AvgIpc) is 2.40. The van der Waals surface area contributed by atoms with Crippen LogP contribution < -0.4 is 5.32 Å². The van der Waals surface area contributed by atoms with E-state index in [1.54, 1.807) is 11.8 Å². The first-order valence-corrected chi connectivity index (χ1v) is 7.02. The maximum Gasteiger partial charge on any atom is 0.310 e. The smallest absolute Gasteiger partial charge is 0.310 e. The number of hydrogen-bond acceptors (Lipinski definition) is 4. The summed E-state index contributed by atoms with van der Waals surface area (Å²) >= 11 is 0. The highest BCUT2D eigenvalue weighted by Gasteiger charge is 2.20. The van der Waals surface area contributed by atoms with Crippen molar-refractivity contribution >= 4 is 17.8 Å². The molecule has 0 radical (unpaired) electrons. The van der Waals surface area contributed by atoms with Crippen LogP contribution in [0.2, 0.25) is 0 Å². The molecule has 0 rings (SSSR count). The van der Waals surface area contributed by atoms with Gasteiger partial charge >= 0.3 is 5.97 Å². The Labute approximate surface area is 120 Å². The van der Waals surface area contributed by atoms with E-state index in [9.17, 15) is 14.4 Å². The standard InChI is InChI=1S/C14H26N2O4/c1-5-7-13(18)16(9-6-8-15-12(3)17)10-11(2)14(19)20-4/h11H,5-10H2,1-4H3,(H,15,17). The van der Waals surface area contributed by atoms with Crippen molar-refractivity contribution in [2.75, 3.05) is 26.7 Å². The normalized spacial score (nSPS) is 11.6. The quantitative estimate of drug-likeness (QED) is 0.506. The van der Waals surface area contributed by atoms with Gasteiger partial charge in [-0.15, -0.1) is 0 Å². The molecule has 1 N–H and O–H groups in total. The number of nitrogens with zero attached hydrogens (tertiary/aromatic N) is 1. The molecule has 0 bridgehead atoms. The van der Waals surface area contributed by atoms with E-state index in [1.165, 1.54) is 14.0 Å². The molecule has 0 aliphatic rings. The summed E-state index contributed by atoms with van der Waals surface area (Å²) in [5, 5.41) is 2.69. The Morgan fingerprint density at radius 3 is 2.45 bits per heavy atom. The van der Waals surface area contributed by atoms with Crippen LogP contribution in [0.25, 0.3) is 0 Å². The van der Waals surface area contributed by atoms with Crippen molar-refractivity contribution in [1.82, 2.24) is 10.2 Å². The molecule has 0 heterocycles. The molecule has 0 aliphatic heterocycles. The van der Waals surface area contributed by atoms with Gasteiger partial charge < -0.3 is 15.0 Å². The lowest BCUT2D eigenvalue weighted by molar-refractivity contribution is -0.146. The molecule has 0 aromatic carbocycles. The van der Waals surface area contributed by atoms with E-state index in [4.69, 9.17) is 0 Å². The van der Waals surface area contributed by atoms with Gasteiger partial charge in [0.15, 0.2) is 0 Å². The number of carbonyl (C=O) groups is 3. The summed E-state index contributed by atoms with van der Waals surface area (Å²) in [6, 6.07) is 0. The van der Waals surface area contributed by atoms with Gasteiger partial charge in [0.25, 0.3) is 0 Å². The lowest BCUT2D eigenvalue weighted by Crippen LogP contribution is -2.38. The molecule has 20 heavy (non-hydrogen) atoms. The van der Waals surface area contributed by atoms with Gasteiger partial charge in [0.1, 0.15) is 0 Å². The average molecular weight is 286 g/mol. The van der Waals surface area contributed by atoms with Crippen LogP contribution in [0.5, 0.6) is 0 Å². The minimum atomic E-state index is -0.346. The maximum absolute atomic E-state index is 12.0. The van der Waals surface area contributed by atoms with E-state index in [1.807, 2.05) is 6.92 Å². The largest absolute Gasteiger partial charge is 0.469 e. The number of esters is 1. The van der Waals surface area contributed by atoms with Gasteiger partial charge in [0.2, 0.25) is 11.8 Å². The SMILES string of the molecule is CCCC(=O)N(CCCNC(C)=O)CC(C)C(=O)OC. The Kier molecular flexibility index (Phi) is 9.41. The van der Waals surface area contributed by atoms with Gasteiger partial charge in [0.05, 0.1) is 13.0 Å². The Bertz CT molecular complexity index is 331. The zero-order chi connectivity index (χ0) is 15.5. The van der Waals surface area contributed by atoms with E-state index < -0.39 is 0 Å². The Morgan fingerprint density at radius 1 is 1.30 bits per heavy atom. The van der Waals surface area contributed by atoms with Crippen LogP contribution in [-0.2, 0) is 19.1 Å². The van der Waals surface area contributed by atoms with E-state index in [0.717, 1.165) is 6.42 Å². The summed E-state index contributed by atoms with van der Waals surface area (Å²) in [7, 11) is 1.34. The summed E-state index contributed by atoms with van der Waals surface area (Å²) in [5.41, 5.74) is 0. The lowest BCUT2D eigenvalue weighted by atomic mass is 10.1. The Morgan fingerprint density at radius 2 is 1.95 bits per heavy atom. The van der Waals surface area contributed by atoms with Crippen LogP contribution in [0.15, 0.2) is 0 Å². The van der Waals surface area contributed by atoms with E-state index in [0.29, 0.717) is 32.5 Å². The number of ether oxygens (including phenoxy) is 1.